The smallest absolute Gasteiger partial charge is 0.119 e. The highest BCUT2D eigenvalue weighted by Crippen LogP contribution is 2.16. The normalized spacial score (nSPS) is 17.8. The summed E-state index contributed by atoms with van der Waals surface area (Å²) < 4.78 is 5.69. The van der Waals surface area contributed by atoms with Crippen molar-refractivity contribution in [2.45, 2.75) is 32.6 Å². The molecule has 2 heteroatoms. The molecule has 0 radical (unpaired) electrons. The Balaban J connectivity index is 1.51. The number of rotatable bonds is 6. The number of ether oxygens (including phenoxy) is 1. The minimum absolute atomic E-state index is 0.842. The maximum atomic E-state index is 5.69. The Bertz CT molecular complexity index is 317. The van der Waals surface area contributed by atoms with Crippen LogP contribution < -0.4 is 4.74 Å². The molecule has 1 heterocycles. The van der Waals surface area contributed by atoms with E-state index in [-0.39, 0.29) is 0 Å². The van der Waals surface area contributed by atoms with E-state index in [2.05, 4.69) is 11.8 Å². The van der Waals surface area contributed by atoms with Crippen molar-refractivity contribution in [2.75, 3.05) is 26.2 Å². The standard InChI is InChI=1S/C16H25NO/c1-15-9-12-17(13-10-15)11-5-6-14-18-16-7-3-2-4-8-16/h2-4,7-8,15H,5-6,9-14H2,1H3. The van der Waals surface area contributed by atoms with Gasteiger partial charge in [0.05, 0.1) is 6.61 Å². The van der Waals surface area contributed by atoms with E-state index >= 15 is 0 Å². The lowest BCUT2D eigenvalue weighted by molar-refractivity contribution is 0.185. The van der Waals surface area contributed by atoms with Crippen molar-refractivity contribution in [1.29, 1.82) is 0 Å². The number of nitrogens with zero attached hydrogens (tertiary/aromatic N) is 1. The van der Waals surface area contributed by atoms with Crippen molar-refractivity contribution in [1.82, 2.24) is 4.90 Å². The maximum absolute atomic E-state index is 5.69. The van der Waals surface area contributed by atoms with Crippen LogP contribution in [0.2, 0.25) is 0 Å². The monoisotopic (exact) mass is 247 g/mol. The third-order valence-electron chi connectivity index (χ3n) is 3.76. The molecule has 0 amide bonds. The van der Waals surface area contributed by atoms with Gasteiger partial charge in [-0.15, -0.1) is 0 Å². The van der Waals surface area contributed by atoms with Gasteiger partial charge in [-0.1, -0.05) is 25.1 Å². The molecule has 0 atom stereocenters. The van der Waals surface area contributed by atoms with Gasteiger partial charge in [-0.25, -0.2) is 0 Å². The fourth-order valence-electron chi connectivity index (χ4n) is 2.43. The zero-order chi connectivity index (χ0) is 12.6. The Morgan fingerprint density at radius 2 is 1.83 bits per heavy atom. The Labute approximate surface area is 111 Å². The largest absolute Gasteiger partial charge is 0.494 e. The van der Waals surface area contributed by atoms with Crippen molar-refractivity contribution in [3.05, 3.63) is 30.3 Å². The fourth-order valence-corrected chi connectivity index (χ4v) is 2.43. The quantitative estimate of drug-likeness (QED) is 0.712. The van der Waals surface area contributed by atoms with Crippen LogP contribution in [0.5, 0.6) is 5.75 Å². The highest BCUT2D eigenvalue weighted by molar-refractivity contribution is 5.20. The Morgan fingerprint density at radius 1 is 1.11 bits per heavy atom. The van der Waals surface area contributed by atoms with E-state index in [9.17, 15) is 0 Å². The highest BCUT2D eigenvalue weighted by atomic mass is 16.5. The first-order chi connectivity index (χ1) is 8.84. The summed E-state index contributed by atoms with van der Waals surface area (Å²) in [7, 11) is 0. The van der Waals surface area contributed by atoms with Gasteiger partial charge in [0.25, 0.3) is 0 Å². The molecule has 2 rings (SSSR count). The molecule has 0 saturated carbocycles. The van der Waals surface area contributed by atoms with Crippen LogP contribution in [0.4, 0.5) is 0 Å². The van der Waals surface area contributed by atoms with E-state index in [4.69, 9.17) is 4.74 Å². The van der Waals surface area contributed by atoms with E-state index in [1.165, 1.54) is 38.9 Å². The SMILES string of the molecule is CC1CCN(CCCCOc2ccccc2)CC1. The lowest BCUT2D eigenvalue weighted by atomic mass is 9.99. The summed E-state index contributed by atoms with van der Waals surface area (Å²) in [5.74, 6) is 1.92. The maximum Gasteiger partial charge on any atom is 0.119 e. The van der Waals surface area contributed by atoms with Gasteiger partial charge >= 0.3 is 0 Å². The number of para-hydroxylation sites is 1. The molecule has 100 valence electrons. The van der Waals surface area contributed by atoms with Crippen molar-refractivity contribution in [3.8, 4) is 5.75 Å². The van der Waals surface area contributed by atoms with Gasteiger partial charge in [0.15, 0.2) is 0 Å². The van der Waals surface area contributed by atoms with E-state index in [0.717, 1.165) is 24.7 Å². The summed E-state index contributed by atoms with van der Waals surface area (Å²) >= 11 is 0. The summed E-state index contributed by atoms with van der Waals surface area (Å²) in [5, 5.41) is 0. The average Bonchev–Trinajstić information content (AvgIpc) is 2.42. The molecule has 0 aromatic heterocycles. The molecule has 2 nitrogen and oxygen atoms in total. The summed E-state index contributed by atoms with van der Waals surface area (Å²) in [4.78, 5) is 2.60. The molecule has 0 N–H and O–H groups in total. The third-order valence-corrected chi connectivity index (χ3v) is 3.76. The number of hydrogen-bond donors (Lipinski definition) is 0. The van der Waals surface area contributed by atoms with Crippen LogP contribution in [0, 0.1) is 5.92 Å². The molecule has 1 aliphatic heterocycles. The van der Waals surface area contributed by atoms with E-state index in [1.54, 1.807) is 0 Å². The molecular weight excluding hydrogens is 222 g/mol. The molecule has 0 spiro atoms. The third kappa shape index (κ3) is 4.69. The molecule has 1 aliphatic rings. The average molecular weight is 247 g/mol. The zero-order valence-corrected chi connectivity index (χ0v) is 11.5. The first-order valence-electron chi connectivity index (χ1n) is 7.25. The van der Waals surface area contributed by atoms with Gasteiger partial charge in [0, 0.05) is 0 Å². The van der Waals surface area contributed by atoms with E-state index in [1.807, 2.05) is 30.3 Å². The molecule has 18 heavy (non-hydrogen) atoms. The fraction of sp³-hybridized carbons (Fsp3) is 0.625. The van der Waals surface area contributed by atoms with Crippen LogP contribution in [0.1, 0.15) is 32.6 Å². The number of hydrogen-bond acceptors (Lipinski definition) is 2. The molecule has 0 unspecified atom stereocenters. The van der Waals surface area contributed by atoms with Crippen molar-refractivity contribution < 1.29 is 4.74 Å². The van der Waals surface area contributed by atoms with Crippen molar-refractivity contribution >= 4 is 0 Å². The van der Waals surface area contributed by atoms with E-state index in [0.29, 0.717) is 0 Å². The molecule has 0 bridgehead atoms. The van der Waals surface area contributed by atoms with Crippen LogP contribution in [0.3, 0.4) is 0 Å². The first-order valence-corrected chi connectivity index (χ1v) is 7.25. The highest BCUT2D eigenvalue weighted by Gasteiger charge is 2.14. The van der Waals surface area contributed by atoms with Gasteiger partial charge in [-0.05, 0) is 63.4 Å². The molecule has 1 aromatic rings. The predicted molar refractivity (Wildman–Crippen MR) is 76.0 cm³/mol. The lowest BCUT2D eigenvalue weighted by Crippen LogP contribution is -2.33. The molecule has 1 fully saturated rings. The summed E-state index contributed by atoms with van der Waals surface area (Å²) in [6, 6.07) is 10.1. The van der Waals surface area contributed by atoms with Crippen LogP contribution in [0.25, 0.3) is 0 Å². The number of benzene rings is 1. The van der Waals surface area contributed by atoms with Crippen molar-refractivity contribution in [3.63, 3.8) is 0 Å². The Hall–Kier alpha value is -1.02. The Morgan fingerprint density at radius 3 is 2.56 bits per heavy atom. The van der Waals surface area contributed by atoms with Gasteiger partial charge in [-0.3, -0.25) is 0 Å². The minimum atomic E-state index is 0.842. The van der Waals surface area contributed by atoms with Gasteiger partial charge in [0.1, 0.15) is 5.75 Å². The van der Waals surface area contributed by atoms with Crippen LogP contribution >= 0.6 is 0 Å². The lowest BCUT2D eigenvalue weighted by Gasteiger charge is -2.30. The Kier molecular flexibility index (Phi) is 5.53. The van der Waals surface area contributed by atoms with Crippen LogP contribution in [0.15, 0.2) is 30.3 Å². The molecular formula is C16H25NO. The number of likely N-dealkylation sites (tertiary alicyclic amines) is 1. The van der Waals surface area contributed by atoms with Crippen LogP contribution in [-0.2, 0) is 0 Å². The minimum Gasteiger partial charge on any atom is -0.494 e. The van der Waals surface area contributed by atoms with Crippen LogP contribution in [-0.4, -0.2) is 31.1 Å². The van der Waals surface area contributed by atoms with Crippen molar-refractivity contribution in [2.24, 2.45) is 5.92 Å². The van der Waals surface area contributed by atoms with E-state index < -0.39 is 0 Å². The number of piperidine rings is 1. The van der Waals surface area contributed by atoms with Gasteiger partial charge in [-0.2, -0.15) is 0 Å². The zero-order valence-electron chi connectivity index (χ0n) is 11.5. The molecule has 0 aliphatic carbocycles. The molecule has 1 saturated heterocycles. The predicted octanol–water partition coefficient (Wildman–Crippen LogP) is 3.58. The second-order valence-corrected chi connectivity index (χ2v) is 5.39. The summed E-state index contributed by atoms with van der Waals surface area (Å²) in [6.45, 7) is 7.03. The number of unbranched alkanes of at least 4 members (excludes halogenated alkanes) is 1. The second kappa shape index (κ2) is 7.42. The van der Waals surface area contributed by atoms with Gasteiger partial charge in [0.2, 0.25) is 0 Å². The molecule has 1 aromatic carbocycles. The second-order valence-electron chi connectivity index (χ2n) is 5.39. The van der Waals surface area contributed by atoms with Gasteiger partial charge < -0.3 is 9.64 Å². The summed E-state index contributed by atoms with van der Waals surface area (Å²) in [6.07, 6.45) is 5.16. The summed E-state index contributed by atoms with van der Waals surface area (Å²) in [5.41, 5.74) is 0. The topological polar surface area (TPSA) is 12.5 Å². The first kappa shape index (κ1) is 13.4.